The van der Waals surface area contributed by atoms with Gasteiger partial charge in [0.1, 0.15) is 0 Å². The van der Waals surface area contributed by atoms with Crippen LogP contribution in [0, 0.1) is 5.92 Å². The molecule has 0 spiro atoms. The lowest BCUT2D eigenvalue weighted by atomic mass is 9.77. The summed E-state index contributed by atoms with van der Waals surface area (Å²) in [6, 6.07) is 17.0. The van der Waals surface area contributed by atoms with E-state index in [0.29, 0.717) is 5.92 Å². The van der Waals surface area contributed by atoms with E-state index < -0.39 is 0 Å². The van der Waals surface area contributed by atoms with E-state index in [-0.39, 0.29) is 6.04 Å². The smallest absolute Gasteiger partial charge is 0.0774 e. The maximum absolute atomic E-state index is 5.97. The summed E-state index contributed by atoms with van der Waals surface area (Å²) in [7, 11) is 0. The second-order valence-electron chi connectivity index (χ2n) is 5.46. The third-order valence-electron chi connectivity index (χ3n) is 4.32. The van der Waals surface area contributed by atoms with Crippen molar-refractivity contribution in [1.29, 1.82) is 0 Å². The van der Waals surface area contributed by atoms with Gasteiger partial charge < -0.3 is 5.43 Å². The number of aryl methyl sites for hydroxylation is 1. The third kappa shape index (κ3) is 1.83. The number of rotatable bonds is 1. The Hall–Kier alpha value is -1.80. The van der Waals surface area contributed by atoms with Crippen LogP contribution in [0.15, 0.2) is 53.6 Å². The van der Waals surface area contributed by atoms with Crippen LogP contribution in [0.25, 0.3) is 0 Å². The predicted molar refractivity (Wildman–Crippen MR) is 82.1 cm³/mol. The molecular formula is C17H15ClN2. The number of nitrogens with zero attached hydrogens (tertiary/aromatic N) is 1. The molecule has 0 radical (unpaired) electrons. The zero-order chi connectivity index (χ0) is 13.5. The van der Waals surface area contributed by atoms with E-state index in [1.165, 1.54) is 22.4 Å². The molecule has 2 nitrogen and oxygen atoms in total. The van der Waals surface area contributed by atoms with Crippen LogP contribution >= 0.6 is 11.6 Å². The standard InChI is InChI=1S/C17H15ClN2/c18-13-8-5-12(6-9-13)16-15-10-7-11-3-1-2-4-14(11)17(15)20-19-16/h1-6,8-9,15-16,19H,7,10H2/t15-,16-/m0/s1. The molecule has 0 fully saturated rings. The van der Waals surface area contributed by atoms with Gasteiger partial charge in [0.15, 0.2) is 0 Å². The maximum Gasteiger partial charge on any atom is 0.0774 e. The normalized spacial score (nSPS) is 23.6. The summed E-state index contributed by atoms with van der Waals surface area (Å²) in [4.78, 5) is 0. The third-order valence-corrected chi connectivity index (χ3v) is 4.58. The molecule has 1 aliphatic carbocycles. The highest BCUT2D eigenvalue weighted by Crippen LogP contribution is 2.38. The molecule has 1 heterocycles. The Morgan fingerprint density at radius 2 is 1.85 bits per heavy atom. The number of nitrogens with one attached hydrogen (secondary N) is 1. The second kappa shape index (κ2) is 4.64. The van der Waals surface area contributed by atoms with Crippen LogP contribution in [0.1, 0.15) is 29.2 Å². The van der Waals surface area contributed by atoms with Gasteiger partial charge in [-0.2, -0.15) is 5.10 Å². The highest BCUT2D eigenvalue weighted by molar-refractivity contribution is 6.30. The summed E-state index contributed by atoms with van der Waals surface area (Å²) in [5.74, 6) is 0.464. The first kappa shape index (κ1) is 12.0. The lowest BCUT2D eigenvalue weighted by molar-refractivity contribution is 0.467. The molecule has 1 N–H and O–H groups in total. The Balaban J connectivity index is 1.69. The molecule has 0 amide bonds. The van der Waals surface area contributed by atoms with E-state index in [4.69, 9.17) is 11.6 Å². The number of hydrazone groups is 1. The molecule has 4 rings (SSSR count). The van der Waals surface area contributed by atoms with Crippen molar-refractivity contribution in [2.45, 2.75) is 18.9 Å². The van der Waals surface area contributed by atoms with Gasteiger partial charge in [-0.25, -0.2) is 0 Å². The number of hydrogen-bond acceptors (Lipinski definition) is 2. The van der Waals surface area contributed by atoms with Crippen molar-refractivity contribution in [3.63, 3.8) is 0 Å². The van der Waals surface area contributed by atoms with Crippen molar-refractivity contribution < 1.29 is 0 Å². The average molecular weight is 283 g/mol. The van der Waals surface area contributed by atoms with Gasteiger partial charge in [-0.15, -0.1) is 0 Å². The monoisotopic (exact) mass is 282 g/mol. The van der Waals surface area contributed by atoms with Crippen LogP contribution in [-0.2, 0) is 6.42 Å². The zero-order valence-corrected chi connectivity index (χ0v) is 11.8. The fraction of sp³-hybridized carbons (Fsp3) is 0.235. The van der Waals surface area contributed by atoms with Gasteiger partial charge in [0.2, 0.25) is 0 Å². The van der Waals surface area contributed by atoms with Crippen molar-refractivity contribution in [3.05, 3.63) is 70.2 Å². The molecule has 2 aliphatic rings. The number of fused-ring (bicyclic) bond motifs is 3. The molecule has 0 unspecified atom stereocenters. The number of hydrogen-bond donors (Lipinski definition) is 1. The SMILES string of the molecule is Clc1ccc([C@@H]2NN=C3c4ccccc4CC[C@H]32)cc1. The molecule has 2 aromatic rings. The zero-order valence-electron chi connectivity index (χ0n) is 11.0. The van der Waals surface area contributed by atoms with Crippen LogP contribution in [0.5, 0.6) is 0 Å². The first-order chi connectivity index (χ1) is 9.83. The van der Waals surface area contributed by atoms with Crippen LogP contribution in [0.2, 0.25) is 5.02 Å². The van der Waals surface area contributed by atoms with E-state index in [1.807, 2.05) is 12.1 Å². The average Bonchev–Trinajstić information content (AvgIpc) is 2.92. The molecule has 0 aromatic heterocycles. The summed E-state index contributed by atoms with van der Waals surface area (Å²) in [5, 5.41) is 5.39. The predicted octanol–water partition coefficient (Wildman–Crippen LogP) is 3.95. The minimum atomic E-state index is 0.274. The number of halogens is 1. The summed E-state index contributed by atoms with van der Waals surface area (Å²) in [5.41, 5.74) is 8.53. The second-order valence-corrected chi connectivity index (χ2v) is 5.89. The van der Waals surface area contributed by atoms with Gasteiger partial charge in [-0.3, -0.25) is 0 Å². The highest BCUT2D eigenvalue weighted by Gasteiger charge is 2.36. The molecule has 2 atom stereocenters. The van der Waals surface area contributed by atoms with Crippen LogP contribution in [0.4, 0.5) is 0 Å². The fourth-order valence-electron chi connectivity index (χ4n) is 3.31. The van der Waals surface area contributed by atoms with Crippen molar-refractivity contribution in [2.75, 3.05) is 0 Å². The van der Waals surface area contributed by atoms with E-state index in [0.717, 1.165) is 17.9 Å². The highest BCUT2D eigenvalue weighted by atomic mass is 35.5. The van der Waals surface area contributed by atoms with Gasteiger partial charge >= 0.3 is 0 Å². The molecule has 0 bridgehead atoms. The molecule has 1 aliphatic heterocycles. The van der Waals surface area contributed by atoms with E-state index in [9.17, 15) is 0 Å². The van der Waals surface area contributed by atoms with E-state index >= 15 is 0 Å². The van der Waals surface area contributed by atoms with Crippen LogP contribution in [0.3, 0.4) is 0 Å². The largest absolute Gasteiger partial charge is 0.302 e. The fourth-order valence-corrected chi connectivity index (χ4v) is 3.44. The Morgan fingerprint density at radius 1 is 1.05 bits per heavy atom. The van der Waals surface area contributed by atoms with E-state index in [2.05, 4.69) is 46.9 Å². The summed E-state index contributed by atoms with van der Waals surface area (Å²) in [6.07, 6.45) is 2.28. The van der Waals surface area contributed by atoms with Gasteiger partial charge in [0.25, 0.3) is 0 Å². The maximum atomic E-state index is 5.97. The van der Waals surface area contributed by atoms with Gasteiger partial charge in [0.05, 0.1) is 11.8 Å². The lowest BCUT2D eigenvalue weighted by Gasteiger charge is -2.26. The van der Waals surface area contributed by atoms with Crippen molar-refractivity contribution in [3.8, 4) is 0 Å². The molecule has 0 saturated carbocycles. The Bertz CT molecular complexity index is 676. The summed E-state index contributed by atoms with van der Waals surface area (Å²) in [6.45, 7) is 0. The number of benzene rings is 2. The quantitative estimate of drug-likeness (QED) is 0.841. The Labute approximate surface area is 123 Å². The Morgan fingerprint density at radius 3 is 2.70 bits per heavy atom. The molecule has 3 heteroatoms. The lowest BCUT2D eigenvalue weighted by Crippen LogP contribution is -2.26. The topological polar surface area (TPSA) is 24.4 Å². The minimum absolute atomic E-state index is 0.274. The Kier molecular flexibility index (Phi) is 2.78. The molecule has 0 saturated heterocycles. The molecule has 2 aromatic carbocycles. The van der Waals surface area contributed by atoms with Gasteiger partial charge in [-0.1, -0.05) is 48.0 Å². The van der Waals surface area contributed by atoms with Crippen molar-refractivity contribution in [1.82, 2.24) is 5.43 Å². The van der Waals surface area contributed by atoms with Crippen molar-refractivity contribution in [2.24, 2.45) is 11.0 Å². The van der Waals surface area contributed by atoms with Crippen LogP contribution in [-0.4, -0.2) is 5.71 Å². The molecule has 100 valence electrons. The first-order valence-electron chi connectivity index (χ1n) is 7.00. The molecular weight excluding hydrogens is 268 g/mol. The van der Waals surface area contributed by atoms with Gasteiger partial charge in [-0.05, 0) is 36.1 Å². The van der Waals surface area contributed by atoms with Crippen molar-refractivity contribution >= 4 is 17.3 Å². The summed E-state index contributed by atoms with van der Waals surface area (Å²) >= 11 is 5.97. The minimum Gasteiger partial charge on any atom is -0.302 e. The van der Waals surface area contributed by atoms with Crippen LogP contribution < -0.4 is 5.43 Å². The van der Waals surface area contributed by atoms with Gasteiger partial charge in [0, 0.05) is 16.5 Å². The first-order valence-corrected chi connectivity index (χ1v) is 7.37. The molecule has 20 heavy (non-hydrogen) atoms. The van der Waals surface area contributed by atoms with E-state index in [1.54, 1.807) is 0 Å². The summed E-state index contributed by atoms with van der Waals surface area (Å²) < 4.78 is 0.